The highest BCUT2D eigenvalue weighted by Gasteiger charge is 2.09. The quantitative estimate of drug-likeness (QED) is 0.856. The maximum Gasteiger partial charge on any atom is 0.251 e. The van der Waals surface area contributed by atoms with Crippen LogP contribution >= 0.6 is 0 Å². The summed E-state index contributed by atoms with van der Waals surface area (Å²) in [7, 11) is 3.64. The number of rotatable bonds is 5. The van der Waals surface area contributed by atoms with Gasteiger partial charge in [-0.15, -0.1) is 0 Å². The zero-order valence-corrected chi connectivity index (χ0v) is 12.3. The molecule has 3 nitrogen and oxygen atoms in total. The second-order valence-corrected chi connectivity index (χ2v) is 5.18. The molecule has 110 valence electrons. The molecule has 0 bridgehead atoms. The highest BCUT2D eigenvalue weighted by Crippen LogP contribution is 2.06. The Hall–Kier alpha value is -2.20. The van der Waals surface area contributed by atoms with Gasteiger partial charge in [-0.3, -0.25) is 4.79 Å². The molecule has 2 rings (SSSR count). The molecule has 21 heavy (non-hydrogen) atoms. The van der Waals surface area contributed by atoms with Gasteiger partial charge in [-0.05, 0) is 18.2 Å². The normalized spacial score (nSPS) is 12.0. The molecule has 2 N–H and O–H groups in total. The Morgan fingerprint density at radius 2 is 1.76 bits per heavy atom. The van der Waals surface area contributed by atoms with Gasteiger partial charge in [-0.25, -0.2) is 4.39 Å². The van der Waals surface area contributed by atoms with Crippen molar-refractivity contribution in [2.75, 3.05) is 14.1 Å². The molecule has 4 heteroatoms. The molecule has 2 aromatic rings. The van der Waals surface area contributed by atoms with Crippen LogP contribution in [0.2, 0.25) is 0 Å². The molecule has 0 fully saturated rings. The molecule has 1 unspecified atom stereocenters. The average molecular weight is 287 g/mol. The van der Waals surface area contributed by atoms with Crippen molar-refractivity contribution in [1.82, 2.24) is 5.32 Å². The predicted octanol–water partition coefficient (Wildman–Crippen LogP) is 1.40. The molecule has 0 aliphatic rings. The number of halogens is 1. The van der Waals surface area contributed by atoms with Gasteiger partial charge in [0.2, 0.25) is 0 Å². The first-order valence-corrected chi connectivity index (χ1v) is 6.96. The van der Waals surface area contributed by atoms with Crippen molar-refractivity contribution in [3.05, 3.63) is 71.0 Å². The maximum absolute atomic E-state index is 13.6. The highest BCUT2D eigenvalue weighted by molar-refractivity contribution is 5.93. The minimum absolute atomic E-state index is 0.0893. The number of nitrogens with one attached hydrogen (secondary N) is 2. The van der Waals surface area contributed by atoms with Crippen molar-refractivity contribution in [3.8, 4) is 0 Å². The van der Waals surface area contributed by atoms with Crippen molar-refractivity contribution in [1.29, 1.82) is 0 Å². The number of hydrogen-bond acceptors (Lipinski definition) is 1. The molecule has 0 aliphatic carbocycles. The van der Waals surface area contributed by atoms with Crippen LogP contribution in [0.4, 0.5) is 4.39 Å². The first kappa shape index (κ1) is 15.2. The van der Waals surface area contributed by atoms with E-state index in [0.29, 0.717) is 12.1 Å². The smallest absolute Gasteiger partial charge is 0.251 e. The molecule has 0 aliphatic heterocycles. The van der Waals surface area contributed by atoms with E-state index in [9.17, 15) is 9.18 Å². The zero-order chi connectivity index (χ0) is 15.2. The van der Waals surface area contributed by atoms with E-state index in [-0.39, 0.29) is 11.7 Å². The zero-order valence-electron chi connectivity index (χ0n) is 12.3. The van der Waals surface area contributed by atoms with Gasteiger partial charge in [0.1, 0.15) is 18.9 Å². The van der Waals surface area contributed by atoms with Gasteiger partial charge < -0.3 is 10.2 Å². The van der Waals surface area contributed by atoms with Crippen LogP contribution in [0.3, 0.4) is 0 Å². The minimum Gasteiger partial charge on any atom is -0.355 e. The Balaban J connectivity index is 1.98. The van der Waals surface area contributed by atoms with E-state index >= 15 is 0 Å². The van der Waals surface area contributed by atoms with E-state index in [4.69, 9.17) is 0 Å². The van der Waals surface area contributed by atoms with Crippen molar-refractivity contribution in [2.45, 2.75) is 13.1 Å². The van der Waals surface area contributed by atoms with E-state index in [1.54, 1.807) is 13.1 Å². The van der Waals surface area contributed by atoms with Crippen molar-refractivity contribution in [3.63, 3.8) is 0 Å². The summed E-state index contributed by atoms with van der Waals surface area (Å²) in [5, 5.41) is 2.59. The van der Waals surface area contributed by atoms with Gasteiger partial charge in [0.15, 0.2) is 0 Å². The fourth-order valence-electron chi connectivity index (χ4n) is 2.30. The van der Waals surface area contributed by atoms with Crippen LogP contribution in [0.15, 0.2) is 48.5 Å². The summed E-state index contributed by atoms with van der Waals surface area (Å²) < 4.78 is 13.6. The maximum atomic E-state index is 13.6. The fourth-order valence-corrected chi connectivity index (χ4v) is 2.30. The van der Waals surface area contributed by atoms with Crippen LogP contribution in [-0.2, 0) is 13.1 Å². The Morgan fingerprint density at radius 3 is 2.38 bits per heavy atom. The molecule has 1 atom stereocenters. The molecule has 0 aromatic heterocycles. The first-order valence-electron chi connectivity index (χ1n) is 6.96. The van der Waals surface area contributed by atoms with E-state index < -0.39 is 0 Å². The first-order chi connectivity index (χ1) is 10.1. The average Bonchev–Trinajstić information content (AvgIpc) is 2.49. The van der Waals surface area contributed by atoms with Crippen LogP contribution in [0, 0.1) is 5.82 Å². The highest BCUT2D eigenvalue weighted by atomic mass is 19.1. The number of hydrogen-bond donors (Lipinski definition) is 2. The largest absolute Gasteiger partial charge is 0.355 e. The van der Waals surface area contributed by atoms with Gasteiger partial charge in [0.05, 0.1) is 7.05 Å². The number of benzene rings is 2. The van der Waals surface area contributed by atoms with Gasteiger partial charge in [-0.1, -0.05) is 30.3 Å². The van der Waals surface area contributed by atoms with Crippen molar-refractivity contribution < 1.29 is 14.1 Å². The van der Waals surface area contributed by atoms with E-state index in [2.05, 4.69) is 5.32 Å². The molecule has 0 heterocycles. The summed E-state index contributed by atoms with van der Waals surface area (Å²) in [5.41, 5.74) is 2.49. The van der Waals surface area contributed by atoms with Crippen molar-refractivity contribution >= 4 is 5.91 Å². The Bertz CT molecular complexity index is 610. The summed E-state index contributed by atoms with van der Waals surface area (Å²) in [5.74, 6) is -0.250. The lowest BCUT2D eigenvalue weighted by Crippen LogP contribution is -3.06. The number of amides is 1. The fraction of sp³-hybridized carbons (Fsp3) is 0.235. The topological polar surface area (TPSA) is 33.5 Å². The van der Waals surface area contributed by atoms with Gasteiger partial charge in [0, 0.05) is 23.7 Å². The lowest BCUT2D eigenvalue weighted by molar-refractivity contribution is -0.907. The molecular formula is C17H20FN2O+. The van der Waals surface area contributed by atoms with E-state index in [0.717, 1.165) is 17.7 Å². The molecule has 2 aromatic carbocycles. The van der Waals surface area contributed by atoms with Crippen LogP contribution in [0.5, 0.6) is 0 Å². The van der Waals surface area contributed by atoms with Crippen LogP contribution in [0.25, 0.3) is 0 Å². The van der Waals surface area contributed by atoms with Crippen molar-refractivity contribution in [2.24, 2.45) is 0 Å². The second kappa shape index (κ2) is 6.99. The van der Waals surface area contributed by atoms with E-state index in [1.807, 2.05) is 43.4 Å². The van der Waals surface area contributed by atoms with E-state index in [1.165, 1.54) is 11.0 Å². The third-order valence-electron chi connectivity index (χ3n) is 3.40. The molecule has 0 saturated carbocycles. The monoisotopic (exact) mass is 287 g/mol. The summed E-state index contributed by atoms with van der Waals surface area (Å²) in [4.78, 5) is 12.7. The third-order valence-corrected chi connectivity index (χ3v) is 3.40. The van der Waals surface area contributed by atoms with Crippen LogP contribution in [-0.4, -0.2) is 20.0 Å². The number of carbonyl (C=O) groups is 1. The van der Waals surface area contributed by atoms with Crippen LogP contribution < -0.4 is 10.2 Å². The molecule has 0 spiro atoms. The molecule has 0 saturated heterocycles. The van der Waals surface area contributed by atoms with Gasteiger partial charge in [-0.2, -0.15) is 0 Å². The number of carbonyl (C=O) groups excluding carboxylic acids is 1. The Labute approximate surface area is 124 Å². The number of quaternary nitrogens is 1. The Kier molecular flexibility index (Phi) is 5.06. The Morgan fingerprint density at radius 1 is 1.10 bits per heavy atom. The SMILES string of the molecule is CNC(=O)c1ccc(C[NH+](C)Cc2ccccc2F)cc1. The molecule has 0 radical (unpaired) electrons. The molecule has 1 amide bonds. The summed E-state index contributed by atoms with van der Waals surface area (Å²) in [6.45, 7) is 1.41. The minimum atomic E-state index is -0.160. The predicted molar refractivity (Wildman–Crippen MR) is 80.5 cm³/mol. The summed E-state index contributed by atoms with van der Waals surface area (Å²) in [6.07, 6.45) is 0. The van der Waals surface area contributed by atoms with Crippen LogP contribution in [0.1, 0.15) is 21.5 Å². The lowest BCUT2D eigenvalue weighted by atomic mass is 10.1. The standard InChI is InChI=1S/C17H19FN2O/c1-19-17(21)14-9-7-13(8-10-14)11-20(2)12-15-5-3-4-6-16(15)18/h3-10H,11-12H2,1-2H3,(H,19,21)/p+1. The van der Waals surface area contributed by atoms with Gasteiger partial charge >= 0.3 is 0 Å². The summed E-state index contributed by atoms with van der Waals surface area (Å²) in [6, 6.07) is 14.4. The lowest BCUT2D eigenvalue weighted by Gasteiger charge is -2.14. The third kappa shape index (κ3) is 4.13. The van der Waals surface area contributed by atoms with Gasteiger partial charge in [0.25, 0.3) is 5.91 Å². The summed E-state index contributed by atoms with van der Waals surface area (Å²) >= 11 is 0. The second-order valence-electron chi connectivity index (χ2n) is 5.18. The molecular weight excluding hydrogens is 267 g/mol.